The number of rotatable bonds is 15. The van der Waals surface area contributed by atoms with Crippen LogP contribution in [0.5, 0.6) is 0 Å². The summed E-state index contributed by atoms with van der Waals surface area (Å²) in [7, 11) is 0. The number of esters is 1. The number of ketones is 1. The molecule has 1 aromatic rings. The molecule has 1 atom stereocenters. The van der Waals surface area contributed by atoms with E-state index in [4.69, 9.17) is 14.2 Å². The summed E-state index contributed by atoms with van der Waals surface area (Å²) in [5, 5.41) is 5.29. The minimum atomic E-state index is -0.558. The van der Waals surface area contributed by atoms with E-state index in [2.05, 4.69) is 10.6 Å². The zero-order chi connectivity index (χ0) is 26.1. The molecule has 0 aliphatic carbocycles. The van der Waals surface area contributed by atoms with E-state index >= 15 is 0 Å². The van der Waals surface area contributed by atoms with Crippen molar-refractivity contribution < 1.29 is 33.4 Å². The van der Waals surface area contributed by atoms with E-state index in [-0.39, 0.29) is 31.3 Å². The number of carbonyl (C=O) groups excluding carboxylic acids is 4. The van der Waals surface area contributed by atoms with Gasteiger partial charge in [-0.25, -0.2) is 9.59 Å². The Kier molecular flexibility index (Phi) is 14.1. The predicted octanol–water partition coefficient (Wildman–Crippen LogP) is 4.53. The fourth-order valence-electron chi connectivity index (χ4n) is 3.18. The van der Waals surface area contributed by atoms with Crippen LogP contribution in [0.3, 0.4) is 0 Å². The Hall–Kier alpha value is -3.10. The third kappa shape index (κ3) is 15.4. The highest BCUT2D eigenvalue weighted by molar-refractivity contribution is 5.84. The third-order valence-electron chi connectivity index (χ3n) is 4.92. The van der Waals surface area contributed by atoms with Gasteiger partial charge in [0, 0.05) is 25.4 Å². The first-order valence-corrected chi connectivity index (χ1v) is 12.2. The SMILES string of the molecule is CCCC(CCNC(=O)OCc1ccccc1)C(=O)COC(=O)CCCCNC(=O)OC(C)(C)C. The summed E-state index contributed by atoms with van der Waals surface area (Å²) >= 11 is 0. The smallest absolute Gasteiger partial charge is 0.407 e. The van der Waals surface area contributed by atoms with E-state index in [1.165, 1.54) is 0 Å². The minimum Gasteiger partial charge on any atom is -0.458 e. The molecular formula is C26H40N2O7. The van der Waals surface area contributed by atoms with Crippen molar-refractivity contribution >= 4 is 23.9 Å². The van der Waals surface area contributed by atoms with Crippen LogP contribution in [0.1, 0.15) is 71.8 Å². The molecule has 9 heteroatoms. The van der Waals surface area contributed by atoms with Crippen molar-refractivity contribution in [3.63, 3.8) is 0 Å². The van der Waals surface area contributed by atoms with E-state index < -0.39 is 23.8 Å². The van der Waals surface area contributed by atoms with Crippen molar-refractivity contribution in [3.05, 3.63) is 35.9 Å². The monoisotopic (exact) mass is 492 g/mol. The van der Waals surface area contributed by atoms with Gasteiger partial charge in [-0.05, 0) is 52.0 Å². The summed E-state index contributed by atoms with van der Waals surface area (Å²) in [4.78, 5) is 47.9. The number of alkyl carbamates (subject to hydrolysis) is 2. The maximum atomic E-state index is 12.5. The molecule has 0 aliphatic rings. The molecule has 0 aromatic heterocycles. The molecule has 0 saturated heterocycles. The molecule has 1 aromatic carbocycles. The first-order chi connectivity index (χ1) is 16.6. The van der Waals surface area contributed by atoms with Gasteiger partial charge in [-0.3, -0.25) is 9.59 Å². The number of ether oxygens (including phenoxy) is 3. The molecule has 196 valence electrons. The number of nitrogens with one attached hydrogen (secondary N) is 2. The second-order valence-corrected chi connectivity index (χ2v) is 9.28. The molecule has 35 heavy (non-hydrogen) atoms. The van der Waals surface area contributed by atoms with Crippen LogP contribution in [-0.4, -0.2) is 49.2 Å². The lowest BCUT2D eigenvalue weighted by Gasteiger charge is -2.19. The van der Waals surface area contributed by atoms with Gasteiger partial charge in [0.25, 0.3) is 0 Å². The number of hydrogen-bond donors (Lipinski definition) is 2. The van der Waals surface area contributed by atoms with Crippen molar-refractivity contribution in [2.45, 2.75) is 78.4 Å². The molecule has 1 unspecified atom stereocenters. The second kappa shape index (κ2) is 16.5. The lowest BCUT2D eigenvalue weighted by molar-refractivity contribution is -0.149. The van der Waals surface area contributed by atoms with Crippen LogP contribution in [0.15, 0.2) is 30.3 Å². The third-order valence-corrected chi connectivity index (χ3v) is 4.92. The molecule has 2 N–H and O–H groups in total. The standard InChI is InChI=1S/C26H40N2O7/c1-5-11-21(15-17-28-24(31)34-18-20-12-7-6-8-13-20)22(29)19-33-23(30)14-9-10-16-27-25(32)35-26(2,3)4/h6-8,12-13,21H,5,9-11,14-19H2,1-4H3,(H,27,32)(H,28,31). The molecule has 0 aliphatic heterocycles. The van der Waals surface area contributed by atoms with E-state index in [0.717, 1.165) is 12.0 Å². The first-order valence-electron chi connectivity index (χ1n) is 12.2. The molecule has 0 radical (unpaired) electrons. The Morgan fingerprint density at radius 3 is 2.23 bits per heavy atom. The lowest BCUT2D eigenvalue weighted by Crippen LogP contribution is -2.33. The van der Waals surface area contributed by atoms with Gasteiger partial charge < -0.3 is 24.8 Å². The number of hydrogen-bond acceptors (Lipinski definition) is 7. The van der Waals surface area contributed by atoms with Gasteiger partial charge in [0.2, 0.25) is 0 Å². The zero-order valence-electron chi connectivity index (χ0n) is 21.4. The van der Waals surface area contributed by atoms with Gasteiger partial charge in [-0.1, -0.05) is 43.7 Å². The van der Waals surface area contributed by atoms with Crippen LogP contribution < -0.4 is 10.6 Å². The van der Waals surface area contributed by atoms with Crippen LogP contribution in [0.25, 0.3) is 0 Å². The normalized spacial score (nSPS) is 11.8. The van der Waals surface area contributed by atoms with E-state index in [1.807, 2.05) is 37.3 Å². The van der Waals surface area contributed by atoms with Gasteiger partial charge >= 0.3 is 18.2 Å². The van der Waals surface area contributed by atoms with Crippen molar-refractivity contribution in [2.75, 3.05) is 19.7 Å². The van der Waals surface area contributed by atoms with Crippen LogP contribution in [0.2, 0.25) is 0 Å². The fraction of sp³-hybridized carbons (Fsp3) is 0.615. The van der Waals surface area contributed by atoms with E-state index in [9.17, 15) is 19.2 Å². The molecule has 0 heterocycles. The Labute approximate surface area is 208 Å². The molecule has 0 fully saturated rings. The molecule has 9 nitrogen and oxygen atoms in total. The molecule has 0 saturated carbocycles. The van der Waals surface area contributed by atoms with E-state index in [0.29, 0.717) is 38.8 Å². The Balaban J connectivity index is 2.21. The van der Waals surface area contributed by atoms with E-state index in [1.54, 1.807) is 20.8 Å². The number of Topliss-reactive ketones (excluding diaryl/α,β-unsaturated/α-hetero) is 1. The molecular weight excluding hydrogens is 452 g/mol. The average molecular weight is 493 g/mol. The average Bonchev–Trinajstić information content (AvgIpc) is 2.80. The highest BCUT2D eigenvalue weighted by Gasteiger charge is 2.20. The lowest BCUT2D eigenvalue weighted by atomic mass is 9.95. The topological polar surface area (TPSA) is 120 Å². The van der Waals surface area contributed by atoms with Crippen LogP contribution in [0.4, 0.5) is 9.59 Å². The fourth-order valence-corrected chi connectivity index (χ4v) is 3.18. The predicted molar refractivity (Wildman–Crippen MR) is 132 cm³/mol. The summed E-state index contributed by atoms with van der Waals surface area (Å²) < 4.78 is 15.4. The van der Waals surface area contributed by atoms with Gasteiger partial charge in [0.1, 0.15) is 18.8 Å². The Morgan fingerprint density at radius 2 is 1.57 bits per heavy atom. The maximum absolute atomic E-state index is 12.5. The number of benzene rings is 1. The summed E-state index contributed by atoms with van der Waals surface area (Å²) in [6.45, 7) is 7.91. The quantitative estimate of drug-likeness (QED) is 0.210. The Bertz CT molecular complexity index is 791. The van der Waals surface area contributed by atoms with Crippen molar-refractivity contribution in [1.29, 1.82) is 0 Å². The minimum absolute atomic E-state index is 0.161. The summed E-state index contributed by atoms with van der Waals surface area (Å²) in [5.74, 6) is -0.917. The summed E-state index contributed by atoms with van der Waals surface area (Å²) in [6.07, 6.45) is 2.14. The molecule has 1 rings (SSSR count). The zero-order valence-corrected chi connectivity index (χ0v) is 21.4. The van der Waals surface area contributed by atoms with Gasteiger partial charge in [-0.2, -0.15) is 0 Å². The van der Waals surface area contributed by atoms with Gasteiger partial charge in [0.15, 0.2) is 5.78 Å². The largest absolute Gasteiger partial charge is 0.458 e. The second-order valence-electron chi connectivity index (χ2n) is 9.28. The van der Waals surface area contributed by atoms with Crippen molar-refractivity contribution in [1.82, 2.24) is 10.6 Å². The Morgan fingerprint density at radius 1 is 0.886 bits per heavy atom. The summed E-state index contributed by atoms with van der Waals surface area (Å²) in [5.41, 5.74) is 0.334. The highest BCUT2D eigenvalue weighted by atomic mass is 16.6. The van der Waals surface area contributed by atoms with Crippen molar-refractivity contribution in [3.8, 4) is 0 Å². The highest BCUT2D eigenvalue weighted by Crippen LogP contribution is 2.13. The van der Waals surface area contributed by atoms with Gasteiger partial charge in [0.05, 0.1) is 0 Å². The van der Waals surface area contributed by atoms with Crippen LogP contribution in [-0.2, 0) is 30.4 Å². The first kappa shape index (κ1) is 29.9. The maximum Gasteiger partial charge on any atom is 0.407 e. The van der Waals surface area contributed by atoms with Crippen LogP contribution >= 0.6 is 0 Å². The number of unbranched alkanes of at least 4 members (excludes halogenated alkanes) is 1. The summed E-state index contributed by atoms with van der Waals surface area (Å²) in [6, 6.07) is 9.36. The molecule has 0 spiro atoms. The molecule has 0 bridgehead atoms. The van der Waals surface area contributed by atoms with Gasteiger partial charge in [-0.15, -0.1) is 0 Å². The van der Waals surface area contributed by atoms with Crippen molar-refractivity contribution in [2.24, 2.45) is 5.92 Å². The number of amides is 2. The molecule has 2 amide bonds. The number of carbonyl (C=O) groups is 4. The van der Waals surface area contributed by atoms with Crippen LogP contribution in [0, 0.1) is 5.92 Å².